The number of carbonyl (C=O) groups is 2. The predicted molar refractivity (Wildman–Crippen MR) is 156 cm³/mol. The van der Waals surface area contributed by atoms with E-state index in [0.29, 0.717) is 38.3 Å². The van der Waals surface area contributed by atoms with Gasteiger partial charge >= 0.3 is 0 Å². The van der Waals surface area contributed by atoms with E-state index in [1.165, 1.54) is 0 Å². The van der Waals surface area contributed by atoms with Gasteiger partial charge in [0.05, 0.1) is 17.0 Å². The highest BCUT2D eigenvalue weighted by Crippen LogP contribution is 2.31. The summed E-state index contributed by atoms with van der Waals surface area (Å²) in [5.41, 5.74) is 9.24. The summed E-state index contributed by atoms with van der Waals surface area (Å²) in [5.74, 6) is 0.772. The van der Waals surface area contributed by atoms with Crippen LogP contribution in [0.1, 0.15) is 41.4 Å². The molecule has 2 aliphatic rings. The van der Waals surface area contributed by atoms with Gasteiger partial charge in [-0.2, -0.15) is 0 Å². The van der Waals surface area contributed by atoms with Crippen LogP contribution in [0.25, 0.3) is 21.8 Å². The van der Waals surface area contributed by atoms with Crippen molar-refractivity contribution in [3.8, 4) is 0 Å². The summed E-state index contributed by atoms with van der Waals surface area (Å²) in [6.45, 7) is 3.58. The smallest absolute Gasteiger partial charge is 0.253 e. The van der Waals surface area contributed by atoms with Crippen molar-refractivity contribution in [2.45, 2.75) is 37.8 Å². The molecule has 0 aliphatic carbocycles. The first-order valence-corrected chi connectivity index (χ1v) is 14.3. The fourth-order valence-corrected chi connectivity index (χ4v) is 6.39. The lowest BCUT2D eigenvalue weighted by atomic mass is 9.94. The Morgan fingerprint density at radius 1 is 0.975 bits per heavy atom. The maximum Gasteiger partial charge on any atom is 0.253 e. The summed E-state index contributed by atoms with van der Waals surface area (Å²) in [7, 11) is 1.72. The number of likely N-dealkylation sites (tertiary alicyclic amines) is 2. The molecule has 2 N–H and O–H groups in total. The van der Waals surface area contributed by atoms with E-state index >= 15 is 0 Å². The molecule has 3 aromatic carbocycles. The number of imidazole rings is 1. The first kappa shape index (κ1) is 26.5. The normalized spacial score (nSPS) is 21.4. The monoisotopic (exact) mass is 539 g/mol. The zero-order chi connectivity index (χ0) is 27.6. The number of amides is 2. The summed E-state index contributed by atoms with van der Waals surface area (Å²) in [4.78, 5) is 35.9. The third-order valence-corrected chi connectivity index (χ3v) is 8.48. The molecule has 0 radical (unpaired) electrons. The van der Waals surface area contributed by atoms with E-state index in [1.54, 1.807) is 12.0 Å². The van der Waals surface area contributed by atoms with E-state index < -0.39 is 5.92 Å². The summed E-state index contributed by atoms with van der Waals surface area (Å²) in [5, 5.41) is 2.12. The second-order valence-corrected chi connectivity index (χ2v) is 11.1. The molecule has 2 saturated heterocycles. The van der Waals surface area contributed by atoms with Crippen molar-refractivity contribution in [2.24, 2.45) is 11.7 Å². The summed E-state index contributed by atoms with van der Waals surface area (Å²) in [6, 6.07) is 21.6. The predicted octanol–water partition coefficient (Wildman–Crippen LogP) is 4.03. The Bertz CT molecular complexity index is 1530. The maximum atomic E-state index is 13.8. The number of hydrogen-bond donors (Lipinski definition) is 1. The number of fused-ring (bicyclic) bond motifs is 2. The summed E-state index contributed by atoms with van der Waals surface area (Å²) < 4.78 is 7.60. The molecule has 0 unspecified atom stereocenters. The topological polar surface area (TPSA) is 93.7 Å². The van der Waals surface area contributed by atoms with Gasteiger partial charge in [0.15, 0.2) is 0 Å². The Hall–Kier alpha value is -3.75. The third kappa shape index (κ3) is 5.09. The number of aryl methyl sites for hydroxylation is 1. The second kappa shape index (κ2) is 11.4. The van der Waals surface area contributed by atoms with E-state index in [1.807, 2.05) is 59.5 Å². The van der Waals surface area contributed by atoms with Gasteiger partial charge in [-0.3, -0.25) is 9.59 Å². The maximum absolute atomic E-state index is 13.8. The number of carbonyl (C=O) groups excluding carboxylic acids is 2. The van der Waals surface area contributed by atoms with Gasteiger partial charge in [-0.15, -0.1) is 0 Å². The highest BCUT2D eigenvalue weighted by Gasteiger charge is 2.41. The number of ether oxygens (including phenoxy) is 1. The van der Waals surface area contributed by atoms with Gasteiger partial charge in [0, 0.05) is 64.0 Å². The molecule has 4 aromatic rings. The van der Waals surface area contributed by atoms with Gasteiger partial charge in [-0.05, 0) is 54.3 Å². The zero-order valence-electron chi connectivity index (χ0n) is 23.0. The molecular formula is C32H37N5O3. The SMILES string of the molecule is COCCCn1c([C@@H]2CCCN(C(=O)[C@@H]3CN(C(=O)c4ccc5ccccc5c4)C[C@H]3N)C2)nc2ccccc21. The molecule has 2 fully saturated rings. The van der Waals surface area contributed by atoms with Crippen molar-refractivity contribution in [1.82, 2.24) is 19.4 Å². The number of nitrogens with zero attached hydrogens (tertiary/aromatic N) is 4. The van der Waals surface area contributed by atoms with Crippen LogP contribution in [0.3, 0.4) is 0 Å². The Morgan fingerprint density at radius 2 is 1.77 bits per heavy atom. The number of piperidine rings is 1. The molecule has 0 bridgehead atoms. The molecule has 40 heavy (non-hydrogen) atoms. The van der Waals surface area contributed by atoms with Crippen LogP contribution < -0.4 is 5.73 Å². The lowest BCUT2D eigenvalue weighted by molar-refractivity contribution is -0.136. The van der Waals surface area contributed by atoms with Crippen LogP contribution in [0.2, 0.25) is 0 Å². The van der Waals surface area contributed by atoms with Crippen molar-refractivity contribution in [3.05, 3.63) is 78.1 Å². The van der Waals surface area contributed by atoms with Crippen molar-refractivity contribution >= 4 is 33.6 Å². The Balaban J connectivity index is 1.17. The molecule has 6 rings (SSSR count). The van der Waals surface area contributed by atoms with Crippen LogP contribution >= 0.6 is 0 Å². The van der Waals surface area contributed by atoms with Crippen LogP contribution in [0, 0.1) is 5.92 Å². The Kier molecular flexibility index (Phi) is 7.54. The van der Waals surface area contributed by atoms with Gasteiger partial charge in [-0.25, -0.2) is 4.98 Å². The molecule has 3 heterocycles. The molecule has 2 amide bonds. The van der Waals surface area contributed by atoms with E-state index in [2.05, 4.69) is 16.7 Å². The minimum Gasteiger partial charge on any atom is -0.385 e. The van der Waals surface area contributed by atoms with E-state index in [0.717, 1.165) is 53.4 Å². The van der Waals surface area contributed by atoms with Crippen LogP contribution in [0.4, 0.5) is 0 Å². The largest absolute Gasteiger partial charge is 0.385 e. The third-order valence-electron chi connectivity index (χ3n) is 8.48. The van der Waals surface area contributed by atoms with Crippen LogP contribution in [-0.4, -0.2) is 77.1 Å². The van der Waals surface area contributed by atoms with Gasteiger partial charge in [0.25, 0.3) is 5.91 Å². The number of para-hydroxylation sites is 2. The van der Waals surface area contributed by atoms with E-state index in [-0.39, 0.29) is 23.8 Å². The lowest BCUT2D eigenvalue weighted by Crippen LogP contribution is -2.47. The molecule has 0 spiro atoms. The molecule has 8 heteroatoms. The van der Waals surface area contributed by atoms with Gasteiger partial charge in [0.1, 0.15) is 5.82 Å². The van der Waals surface area contributed by atoms with E-state index in [4.69, 9.17) is 15.5 Å². The number of rotatable bonds is 7. The minimum atomic E-state index is -0.399. The molecule has 3 atom stereocenters. The van der Waals surface area contributed by atoms with Crippen molar-refractivity contribution in [2.75, 3.05) is 39.9 Å². The molecule has 1 aromatic heterocycles. The minimum absolute atomic E-state index is 0.0491. The number of hydrogen-bond acceptors (Lipinski definition) is 5. The standard InChI is InChI=1S/C32H37N5O3/c1-40-17-7-16-37-29-12-5-4-11-28(29)34-30(37)25-10-6-15-35(19-25)32(39)26-20-36(21-27(26)33)31(38)24-14-13-22-8-2-3-9-23(22)18-24/h2-5,8-9,11-14,18,25-27H,6-7,10,15-17,19-21,33H2,1H3/t25-,26-,27-/m1/s1. The highest BCUT2D eigenvalue weighted by molar-refractivity contribution is 5.99. The highest BCUT2D eigenvalue weighted by atomic mass is 16.5. The lowest BCUT2D eigenvalue weighted by Gasteiger charge is -2.35. The van der Waals surface area contributed by atoms with Crippen LogP contribution in [0.5, 0.6) is 0 Å². The Labute approximate surface area is 234 Å². The fourth-order valence-electron chi connectivity index (χ4n) is 6.39. The first-order valence-electron chi connectivity index (χ1n) is 14.3. The number of nitrogens with two attached hydrogens (primary N) is 1. The molecule has 0 saturated carbocycles. The van der Waals surface area contributed by atoms with Crippen molar-refractivity contribution in [1.29, 1.82) is 0 Å². The Morgan fingerprint density at radius 3 is 2.62 bits per heavy atom. The first-order chi connectivity index (χ1) is 19.5. The fraction of sp³-hybridized carbons (Fsp3) is 0.406. The average Bonchev–Trinajstić information content (AvgIpc) is 3.57. The quantitative estimate of drug-likeness (QED) is 0.358. The van der Waals surface area contributed by atoms with Crippen LogP contribution in [-0.2, 0) is 16.1 Å². The number of methoxy groups -OCH3 is 1. The van der Waals surface area contributed by atoms with E-state index in [9.17, 15) is 9.59 Å². The molecule has 2 aliphatic heterocycles. The van der Waals surface area contributed by atoms with Gasteiger partial charge in [-0.1, -0.05) is 42.5 Å². The molecule has 8 nitrogen and oxygen atoms in total. The van der Waals surface area contributed by atoms with Crippen molar-refractivity contribution < 1.29 is 14.3 Å². The van der Waals surface area contributed by atoms with Crippen molar-refractivity contribution in [3.63, 3.8) is 0 Å². The summed E-state index contributed by atoms with van der Waals surface area (Å²) in [6.07, 6.45) is 2.80. The zero-order valence-corrected chi connectivity index (χ0v) is 23.0. The molecular weight excluding hydrogens is 502 g/mol. The van der Waals surface area contributed by atoms with Gasteiger partial charge < -0.3 is 24.8 Å². The number of benzene rings is 3. The van der Waals surface area contributed by atoms with Crippen LogP contribution in [0.15, 0.2) is 66.7 Å². The molecule has 208 valence electrons. The average molecular weight is 540 g/mol. The van der Waals surface area contributed by atoms with Gasteiger partial charge in [0.2, 0.25) is 5.91 Å². The summed E-state index contributed by atoms with van der Waals surface area (Å²) >= 11 is 0. The number of aromatic nitrogens is 2. The second-order valence-electron chi connectivity index (χ2n) is 11.1.